The third-order valence-corrected chi connectivity index (χ3v) is 4.12. The lowest BCUT2D eigenvalue weighted by atomic mass is 10.1. The predicted octanol–water partition coefficient (Wildman–Crippen LogP) is 2.69. The van der Waals surface area contributed by atoms with Gasteiger partial charge in [-0.15, -0.1) is 0 Å². The minimum atomic E-state index is 0.701. The molecule has 2 N–H and O–H groups in total. The summed E-state index contributed by atoms with van der Waals surface area (Å²) in [6, 6.07) is 8.66. The first-order valence-electron chi connectivity index (χ1n) is 6.08. The molecule has 1 aromatic heterocycles. The van der Waals surface area contributed by atoms with E-state index < -0.39 is 0 Å². The third-order valence-electron chi connectivity index (χ3n) is 2.85. The highest BCUT2D eigenvalue weighted by atomic mass is 32.2. The lowest BCUT2D eigenvalue weighted by Gasteiger charge is -2.07. The van der Waals surface area contributed by atoms with Gasteiger partial charge in [-0.05, 0) is 50.1 Å². The van der Waals surface area contributed by atoms with Gasteiger partial charge in [-0.3, -0.25) is 4.68 Å². The Bertz CT molecular complexity index is 546. The molecule has 1 aromatic carbocycles. The first-order chi connectivity index (χ1) is 8.60. The van der Waals surface area contributed by atoms with Crippen LogP contribution in [0, 0.1) is 13.8 Å². The minimum Gasteiger partial charge on any atom is -0.330 e. The number of nitrogens with zero attached hydrogens (tertiary/aromatic N) is 2. The van der Waals surface area contributed by atoms with Crippen LogP contribution < -0.4 is 5.73 Å². The molecular formula is C14H19N3S. The average molecular weight is 261 g/mol. The van der Waals surface area contributed by atoms with Crippen LogP contribution in [0.2, 0.25) is 0 Å². The Kier molecular flexibility index (Phi) is 4.09. The van der Waals surface area contributed by atoms with Crippen molar-refractivity contribution in [3.05, 3.63) is 41.1 Å². The molecule has 1 heterocycles. The van der Waals surface area contributed by atoms with Gasteiger partial charge < -0.3 is 5.73 Å². The molecule has 0 saturated carbocycles. The SMILES string of the molecule is Cc1cc(Sc2ccc(CCN)cc2C)n(C)n1. The molecule has 96 valence electrons. The van der Waals surface area contributed by atoms with E-state index in [0.29, 0.717) is 6.54 Å². The number of hydrogen-bond acceptors (Lipinski definition) is 3. The van der Waals surface area contributed by atoms with Crippen LogP contribution in [0.25, 0.3) is 0 Å². The van der Waals surface area contributed by atoms with Gasteiger partial charge in [0.2, 0.25) is 0 Å². The van der Waals surface area contributed by atoms with Gasteiger partial charge in [-0.1, -0.05) is 23.9 Å². The Hall–Kier alpha value is -1.26. The molecule has 3 nitrogen and oxygen atoms in total. The van der Waals surface area contributed by atoms with Gasteiger partial charge in [0, 0.05) is 11.9 Å². The molecule has 0 amide bonds. The Morgan fingerprint density at radius 3 is 2.61 bits per heavy atom. The number of nitrogens with two attached hydrogens (primary N) is 1. The Morgan fingerprint density at radius 1 is 1.28 bits per heavy atom. The zero-order chi connectivity index (χ0) is 13.1. The molecule has 2 rings (SSSR count). The smallest absolute Gasteiger partial charge is 0.0987 e. The first-order valence-corrected chi connectivity index (χ1v) is 6.90. The van der Waals surface area contributed by atoms with E-state index in [1.54, 1.807) is 11.8 Å². The van der Waals surface area contributed by atoms with E-state index in [9.17, 15) is 0 Å². The number of aryl methyl sites for hydroxylation is 3. The van der Waals surface area contributed by atoms with E-state index in [1.807, 2.05) is 18.7 Å². The maximum Gasteiger partial charge on any atom is 0.0987 e. The lowest BCUT2D eigenvalue weighted by Crippen LogP contribution is -2.02. The van der Waals surface area contributed by atoms with Crippen LogP contribution in [0.5, 0.6) is 0 Å². The molecule has 0 radical (unpaired) electrons. The van der Waals surface area contributed by atoms with Crippen molar-refractivity contribution in [3.8, 4) is 0 Å². The fourth-order valence-electron chi connectivity index (χ4n) is 1.94. The van der Waals surface area contributed by atoms with Crippen LogP contribution in [0.1, 0.15) is 16.8 Å². The van der Waals surface area contributed by atoms with Crippen LogP contribution in [0.15, 0.2) is 34.2 Å². The monoisotopic (exact) mass is 261 g/mol. The fourth-order valence-corrected chi connectivity index (χ4v) is 2.93. The molecule has 0 saturated heterocycles. The normalized spacial score (nSPS) is 10.9. The van der Waals surface area contributed by atoms with E-state index >= 15 is 0 Å². The summed E-state index contributed by atoms with van der Waals surface area (Å²) < 4.78 is 1.92. The van der Waals surface area contributed by atoms with Crippen molar-refractivity contribution in [1.82, 2.24) is 9.78 Å². The highest BCUT2D eigenvalue weighted by Gasteiger charge is 2.07. The van der Waals surface area contributed by atoms with Crippen molar-refractivity contribution < 1.29 is 0 Å². The summed E-state index contributed by atoms with van der Waals surface area (Å²) in [5.41, 5.74) is 9.23. The summed E-state index contributed by atoms with van der Waals surface area (Å²) in [4.78, 5) is 1.28. The molecule has 0 bridgehead atoms. The molecule has 0 unspecified atom stereocenters. The topological polar surface area (TPSA) is 43.8 Å². The Labute approximate surface area is 112 Å². The van der Waals surface area contributed by atoms with E-state index in [4.69, 9.17) is 5.73 Å². The average Bonchev–Trinajstić information content (AvgIpc) is 2.62. The zero-order valence-electron chi connectivity index (χ0n) is 11.1. The van der Waals surface area contributed by atoms with E-state index in [2.05, 4.69) is 36.3 Å². The third kappa shape index (κ3) is 2.94. The van der Waals surface area contributed by atoms with Crippen LogP contribution >= 0.6 is 11.8 Å². The van der Waals surface area contributed by atoms with E-state index in [-0.39, 0.29) is 0 Å². The second-order valence-electron chi connectivity index (χ2n) is 4.49. The molecule has 0 aliphatic rings. The standard InChI is InChI=1S/C14H19N3S/c1-10-8-12(6-7-15)4-5-13(10)18-14-9-11(2)16-17(14)3/h4-5,8-9H,6-7,15H2,1-3H3. The molecule has 0 aliphatic carbocycles. The van der Waals surface area contributed by atoms with Gasteiger partial charge in [0.1, 0.15) is 0 Å². The van der Waals surface area contributed by atoms with Crippen molar-refractivity contribution in [2.75, 3.05) is 6.54 Å². The predicted molar refractivity (Wildman–Crippen MR) is 76.0 cm³/mol. The van der Waals surface area contributed by atoms with Crippen LogP contribution in [0.3, 0.4) is 0 Å². The highest BCUT2D eigenvalue weighted by molar-refractivity contribution is 7.99. The van der Waals surface area contributed by atoms with E-state index in [0.717, 1.165) is 12.1 Å². The lowest BCUT2D eigenvalue weighted by molar-refractivity contribution is 0.692. The highest BCUT2D eigenvalue weighted by Crippen LogP contribution is 2.30. The van der Waals surface area contributed by atoms with Crippen LogP contribution in [0.4, 0.5) is 0 Å². The van der Waals surface area contributed by atoms with Crippen molar-refractivity contribution in [2.24, 2.45) is 12.8 Å². The second-order valence-corrected chi connectivity index (χ2v) is 5.55. The summed E-state index contributed by atoms with van der Waals surface area (Å²) in [6.07, 6.45) is 0.941. The summed E-state index contributed by atoms with van der Waals surface area (Å²) >= 11 is 1.76. The van der Waals surface area contributed by atoms with Gasteiger partial charge in [0.05, 0.1) is 10.7 Å². The molecular weight excluding hydrogens is 242 g/mol. The first kappa shape index (κ1) is 13.2. The van der Waals surface area contributed by atoms with Crippen LogP contribution in [-0.4, -0.2) is 16.3 Å². The summed E-state index contributed by atoms with van der Waals surface area (Å²) in [5.74, 6) is 0. The van der Waals surface area contributed by atoms with Gasteiger partial charge >= 0.3 is 0 Å². The maximum atomic E-state index is 5.58. The van der Waals surface area contributed by atoms with Gasteiger partial charge in [-0.2, -0.15) is 5.10 Å². The van der Waals surface area contributed by atoms with Crippen molar-refractivity contribution in [1.29, 1.82) is 0 Å². The number of hydrogen-bond donors (Lipinski definition) is 1. The van der Waals surface area contributed by atoms with Crippen molar-refractivity contribution >= 4 is 11.8 Å². The number of benzene rings is 1. The summed E-state index contributed by atoms with van der Waals surface area (Å²) in [5, 5.41) is 5.53. The quantitative estimate of drug-likeness (QED) is 0.920. The summed E-state index contributed by atoms with van der Waals surface area (Å²) in [7, 11) is 1.98. The van der Waals surface area contributed by atoms with Crippen molar-refractivity contribution in [2.45, 2.75) is 30.2 Å². The fraction of sp³-hybridized carbons (Fsp3) is 0.357. The second kappa shape index (κ2) is 5.59. The minimum absolute atomic E-state index is 0.701. The molecule has 4 heteroatoms. The molecule has 0 aliphatic heterocycles. The van der Waals surface area contributed by atoms with Crippen molar-refractivity contribution in [3.63, 3.8) is 0 Å². The maximum absolute atomic E-state index is 5.58. The summed E-state index contributed by atoms with van der Waals surface area (Å²) in [6.45, 7) is 4.86. The molecule has 18 heavy (non-hydrogen) atoms. The van der Waals surface area contributed by atoms with Gasteiger partial charge in [-0.25, -0.2) is 0 Å². The Morgan fingerprint density at radius 2 is 2.06 bits per heavy atom. The number of rotatable bonds is 4. The van der Waals surface area contributed by atoms with Crippen LogP contribution in [-0.2, 0) is 13.5 Å². The molecule has 2 aromatic rings. The zero-order valence-corrected chi connectivity index (χ0v) is 11.9. The molecule has 0 spiro atoms. The van der Waals surface area contributed by atoms with E-state index in [1.165, 1.54) is 21.0 Å². The largest absolute Gasteiger partial charge is 0.330 e. The Balaban J connectivity index is 2.21. The molecule has 0 atom stereocenters. The number of aromatic nitrogens is 2. The molecule has 0 fully saturated rings. The van der Waals surface area contributed by atoms with Gasteiger partial charge in [0.25, 0.3) is 0 Å². The van der Waals surface area contributed by atoms with Gasteiger partial charge in [0.15, 0.2) is 0 Å².